The van der Waals surface area contributed by atoms with Crippen molar-refractivity contribution in [1.29, 1.82) is 5.26 Å². The summed E-state index contributed by atoms with van der Waals surface area (Å²) >= 11 is 0. The van der Waals surface area contributed by atoms with E-state index in [2.05, 4.69) is 10.3 Å². The Morgan fingerprint density at radius 2 is 1.91 bits per heavy atom. The van der Waals surface area contributed by atoms with E-state index < -0.39 is 5.91 Å². The van der Waals surface area contributed by atoms with Gasteiger partial charge in [-0.1, -0.05) is 12.1 Å². The van der Waals surface area contributed by atoms with Gasteiger partial charge in [-0.2, -0.15) is 5.26 Å². The third kappa shape index (κ3) is 4.46. The number of nitrogens with one attached hydrogen (secondary N) is 1. The molecule has 0 saturated heterocycles. The molecule has 1 aromatic carbocycles. The van der Waals surface area contributed by atoms with Gasteiger partial charge in [0.25, 0.3) is 5.91 Å². The van der Waals surface area contributed by atoms with Crippen LogP contribution in [0.5, 0.6) is 5.75 Å². The topological polar surface area (TPSA) is 86.0 Å². The van der Waals surface area contributed by atoms with Crippen molar-refractivity contribution in [3.05, 3.63) is 65.5 Å². The van der Waals surface area contributed by atoms with Crippen LogP contribution >= 0.6 is 0 Å². The SMILES string of the molecule is N#C/C(=C\c1ccc(O)cc1)C(=O)NCCc1ccncc1. The number of nitrogens with zero attached hydrogens (tertiary/aromatic N) is 2. The Bertz CT molecular complexity index is 701. The van der Waals surface area contributed by atoms with Crippen molar-refractivity contribution in [2.45, 2.75) is 6.42 Å². The molecule has 0 aliphatic rings. The second-order valence-corrected chi connectivity index (χ2v) is 4.62. The maximum absolute atomic E-state index is 12.0. The average Bonchev–Trinajstić information content (AvgIpc) is 2.55. The molecule has 0 saturated carbocycles. The summed E-state index contributed by atoms with van der Waals surface area (Å²) in [5.74, 6) is -0.276. The number of hydrogen-bond acceptors (Lipinski definition) is 4. The monoisotopic (exact) mass is 293 g/mol. The largest absolute Gasteiger partial charge is 0.508 e. The van der Waals surface area contributed by atoms with Crippen LogP contribution in [0.4, 0.5) is 0 Å². The lowest BCUT2D eigenvalue weighted by Crippen LogP contribution is -2.26. The highest BCUT2D eigenvalue weighted by atomic mass is 16.3. The van der Waals surface area contributed by atoms with E-state index in [4.69, 9.17) is 5.26 Å². The summed E-state index contributed by atoms with van der Waals surface area (Å²) in [5, 5.41) is 21.0. The molecule has 0 aliphatic carbocycles. The van der Waals surface area contributed by atoms with Crippen molar-refractivity contribution in [1.82, 2.24) is 10.3 Å². The minimum Gasteiger partial charge on any atom is -0.508 e. The van der Waals surface area contributed by atoms with E-state index in [1.165, 1.54) is 18.2 Å². The molecule has 110 valence electrons. The highest BCUT2D eigenvalue weighted by molar-refractivity contribution is 6.01. The lowest BCUT2D eigenvalue weighted by atomic mass is 10.1. The molecule has 0 radical (unpaired) electrons. The molecular weight excluding hydrogens is 278 g/mol. The van der Waals surface area contributed by atoms with E-state index >= 15 is 0 Å². The van der Waals surface area contributed by atoms with Gasteiger partial charge >= 0.3 is 0 Å². The number of phenols is 1. The Labute approximate surface area is 128 Å². The number of phenolic OH excluding ortho intramolecular Hbond substituents is 1. The van der Waals surface area contributed by atoms with Crippen molar-refractivity contribution < 1.29 is 9.90 Å². The van der Waals surface area contributed by atoms with Crippen molar-refractivity contribution in [3.63, 3.8) is 0 Å². The van der Waals surface area contributed by atoms with E-state index in [1.54, 1.807) is 24.5 Å². The number of aromatic hydroxyl groups is 1. The Kier molecular flexibility index (Phi) is 5.27. The normalized spacial score (nSPS) is 10.8. The summed E-state index contributed by atoms with van der Waals surface area (Å²) in [6, 6.07) is 11.9. The molecule has 0 spiro atoms. The molecule has 5 nitrogen and oxygen atoms in total. The number of rotatable bonds is 5. The Balaban J connectivity index is 1.94. The molecule has 0 atom stereocenters. The van der Waals surface area contributed by atoms with Gasteiger partial charge in [0.05, 0.1) is 0 Å². The van der Waals surface area contributed by atoms with E-state index in [1.807, 2.05) is 18.2 Å². The quantitative estimate of drug-likeness (QED) is 0.652. The predicted molar refractivity (Wildman–Crippen MR) is 82.6 cm³/mol. The zero-order chi connectivity index (χ0) is 15.8. The average molecular weight is 293 g/mol. The van der Waals surface area contributed by atoms with Gasteiger partial charge in [0.2, 0.25) is 0 Å². The molecule has 1 heterocycles. The van der Waals surface area contributed by atoms with Crippen molar-refractivity contribution >= 4 is 12.0 Å². The number of aromatic nitrogens is 1. The smallest absolute Gasteiger partial charge is 0.261 e. The van der Waals surface area contributed by atoms with Gasteiger partial charge in [-0.25, -0.2) is 0 Å². The van der Waals surface area contributed by atoms with E-state index in [0.717, 1.165) is 5.56 Å². The summed E-state index contributed by atoms with van der Waals surface area (Å²) in [5.41, 5.74) is 1.77. The number of amides is 1. The lowest BCUT2D eigenvalue weighted by Gasteiger charge is -2.04. The predicted octanol–water partition coefficient (Wildman–Crippen LogP) is 2.05. The summed E-state index contributed by atoms with van der Waals surface area (Å²) in [6.07, 6.45) is 5.55. The second-order valence-electron chi connectivity index (χ2n) is 4.62. The van der Waals surface area contributed by atoms with Gasteiger partial charge in [0.15, 0.2) is 0 Å². The molecule has 2 rings (SSSR count). The summed E-state index contributed by atoms with van der Waals surface area (Å²) in [4.78, 5) is 15.9. The molecular formula is C17H15N3O2. The molecule has 0 unspecified atom stereocenters. The van der Waals surface area contributed by atoms with Crippen LogP contribution < -0.4 is 5.32 Å². The molecule has 0 fully saturated rings. The molecule has 1 amide bonds. The fraction of sp³-hybridized carbons (Fsp3) is 0.118. The highest BCUT2D eigenvalue weighted by Crippen LogP contribution is 2.12. The maximum Gasteiger partial charge on any atom is 0.261 e. The molecule has 1 aromatic heterocycles. The van der Waals surface area contributed by atoms with Crippen LogP contribution in [0.25, 0.3) is 6.08 Å². The first kappa shape index (κ1) is 15.3. The van der Waals surface area contributed by atoms with E-state index in [9.17, 15) is 9.90 Å². The third-order valence-electron chi connectivity index (χ3n) is 3.02. The molecule has 0 aliphatic heterocycles. The molecule has 0 bridgehead atoms. The van der Waals surface area contributed by atoms with Gasteiger partial charge < -0.3 is 10.4 Å². The first-order valence-electron chi connectivity index (χ1n) is 6.77. The number of pyridine rings is 1. The lowest BCUT2D eigenvalue weighted by molar-refractivity contribution is -0.117. The number of nitriles is 1. The summed E-state index contributed by atoms with van der Waals surface area (Å²) in [7, 11) is 0. The zero-order valence-electron chi connectivity index (χ0n) is 11.9. The Hall–Kier alpha value is -3.13. The fourth-order valence-corrected chi connectivity index (χ4v) is 1.85. The third-order valence-corrected chi connectivity index (χ3v) is 3.02. The second kappa shape index (κ2) is 7.60. The minimum atomic E-state index is -0.412. The van der Waals surface area contributed by atoms with Gasteiger partial charge in [0.1, 0.15) is 17.4 Å². The van der Waals surface area contributed by atoms with Gasteiger partial charge in [-0.3, -0.25) is 9.78 Å². The summed E-state index contributed by atoms with van der Waals surface area (Å²) < 4.78 is 0. The number of carbonyl (C=O) groups is 1. The number of benzene rings is 1. The van der Waals surface area contributed by atoms with Crippen molar-refractivity contribution in [2.75, 3.05) is 6.54 Å². The zero-order valence-corrected chi connectivity index (χ0v) is 11.9. The Morgan fingerprint density at radius 3 is 2.55 bits per heavy atom. The minimum absolute atomic E-state index is 0.0282. The van der Waals surface area contributed by atoms with Crippen LogP contribution in [0, 0.1) is 11.3 Å². The maximum atomic E-state index is 12.0. The Morgan fingerprint density at radius 1 is 1.23 bits per heavy atom. The first-order valence-corrected chi connectivity index (χ1v) is 6.77. The van der Waals surface area contributed by atoms with E-state index in [-0.39, 0.29) is 11.3 Å². The van der Waals surface area contributed by atoms with Crippen molar-refractivity contribution in [3.8, 4) is 11.8 Å². The fourth-order valence-electron chi connectivity index (χ4n) is 1.85. The number of carbonyl (C=O) groups excluding carboxylic acids is 1. The summed E-state index contributed by atoms with van der Waals surface area (Å²) in [6.45, 7) is 0.442. The molecule has 2 N–H and O–H groups in total. The van der Waals surface area contributed by atoms with Crippen LogP contribution in [0.1, 0.15) is 11.1 Å². The molecule has 2 aromatic rings. The van der Waals surface area contributed by atoms with Gasteiger partial charge in [-0.15, -0.1) is 0 Å². The standard InChI is InChI=1S/C17H15N3O2/c18-12-15(11-14-1-3-16(21)4-2-14)17(22)20-10-7-13-5-8-19-9-6-13/h1-6,8-9,11,21H,7,10H2,(H,20,22)/b15-11+. The van der Waals surface area contributed by atoms with Crippen LogP contribution in [0.3, 0.4) is 0 Å². The van der Waals surface area contributed by atoms with Crippen LogP contribution in [-0.4, -0.2) is 22.5 Å². The molecule has 22 heavy (non-hydrogen) atoms. The van der Waals surface area contributed by atoms with Crippen LogP contribution in [0.2, 0.25) is 0 Å². The van der Waals surface area contributed by atoms with Gasteiger partial charge in [0, 0.05) is 18.9 Å². The van der Waals surface area contributed by atoms with Gasteiger partial charge in [-0.05, 0) is 47.9 Å². The first-order chi connectivity index (χ1) is 10.7. The van der Waals surface area contributed by atoms with Crippen LogP contribution in [0.15, 0.2) is 54.4 Å². The van der Waals surface area contributed by atoms with Crippen LogP contribution in [-0.2, 0) is 11.2 Å². The van der Waals surface area contributed by atoms with E-state index in [0.29, 0.717) is 18.5 Å². The van der Waals surface area contributed by atoms with Crippen molar-refractivity contribution in [2.24, 2.45) is 0 Å². The highest BCUT2D eigenvalue weighted by Gasteiger charge is 2.08. The number of hydrogen-bond donors (Lipinski definition) is 2. The molecule has 5 heteroatoms.